The molecule has 1 spiro atoms. The molecule has 1 saturated carbocycles. The molecule has 2 fully saturated rings. The molecule has 26 heavy (non-hydrogen) atoms. The number of hydrogen-bond acceptors (Lipinski definition) is 3. The zero-order valence-electron chi connectivity index (χ0n) is 15.0. The molecule has 2 aliphatic rings. The van der Waals surface area contributed by atoms with E-state index >= 15 is 0 Å². The van der Waals surface area contributed by atoms with Gasteiger partial charge in [0.05, 0.1) is 5.92 Å². The maximum Gasteiger partial charge on any atom is 0.411 e. The molecule has 0 N–H and O–H groups in total. The number of carbonyl (C=O) groups excluding carboxylic acids is 1. The summed E-state index contributed by atoms with van der Waals surface area (Å²) in [6, 6.07) is 5.98. The molecule has 2 atom stereocenters. The van der Waals surface area contributed by atoms with Crippen molar-refractivity contribution in [1.29, 1.82) is 0 Å². The SMILES string of the molecule is [C-]#[N+][C@H]1[C@H](c2cccc(OC(F)F)c2)CN(C(=O)OC(C)(C)C)C12CC2. The highest BCUT2D eigenvalue weighted by molar-refractivity contribution is 5.71. The smallest absolute Gasteiger partial charge is 0.411 e. The van der Waals surface area contributed by atoms with Crippen LogP contribution in [0, 0.1) is 6.57 Å². The van der Waals surface area contributed by atoms with Gasteiger partial charge in [-0.1, -0.05) is 12.1 Å². The number of halogens is 2. The number of rotatable bonds is 3. The molecule has 0 bridgehead atoms. The predicted molar refractivity (Wildman–Crippen MR) is 91.1 cm³/mol. The standard InChI is InChI=1S/C19H22F2N2O3/c1-18(2,3)26-17(24)23-11-14(15(22-4)19(23)8-9-19)12-6-5-7-13(10-12)25-16(20)21/h5-7,10,14-16H,8-9,11H2,1-3H3/t14-,15-/m0/s1. The molecule has 1 heterocycles. The van der Waals surface area contributed by atoms with Crippen molar-refractivity contribution in [3.8, 4) is 5.75 Å². The van der Waals surface area contributed by atoms with Gasteiger partial charge in [0.25, 0.3) is 6.04 Å². The predicted octanol–water partition coefficient (Wildman–Crippen LogP) is 4.44. The summed E-state index contributed by atoms with van der Waals surface area (Å²) in [6.07, 6.45) is 1.08. The Kier molecular flexibility index (Phi) is 4.55. The molecule has 0 radical (unpaired) electrons. The Morgan fingerprint density at radius 3 is 2.62 bits per heavy atom. The van der Waals surface area contributed by atoms with E-state index in [9.17, 15) is 13.6 Å². The minimum absolute atomic E-state index is 0.0572. The van der Waals surface area contributed by atoms with E-state index in [1.54, 1.807) is 37.8 Å². The summed E-state index contributed by atoms with van der Waals surface area (Å²) in [7, 11) is 0. The summed E-state index contributed by atoms with van der Waals surface area (Å²) in [5, 5.41) is 0. The highest BCUT2D eigenvalue weighted by Crippen LogP contribution is 2.56. The van der Waals surface area contributed by atoms with E-state index in [0.717, 1.165) is 18.4 Å². The van der Waals surface area contributed by atoms with Crippen molar-refractivity contribution >= 4 is 6.09 Å². The van der Waals surface area contributed by atoms with Crippen molar-refractivity contribution in [2.45, 2.75) is 63.3 Å². The van der Waals surface area contributed by atoms with Crippen LogP contribution < -0.4 is 4.74 Å². The average molecular weight is 364 g/mol. The summed E-state index contributed by atoms with van der Waals surface area (Å²) < 4.78 is 35.0. The number of likely N-dealkylation sites (tertiary alicyclic amines) is 1. The summed E-state index contributed by atoms with van der Waals surface area (Å²) in [4.78, 5) is 18.1. The first-order valence-electron chi connectivity index (χ1n) is 8.58. The summed E-state index contributed by atoms with van der Waals surface area (Å²) in [5.74, 6) is -0.203. The molecule has 1 aliphatic carbocycles. The Balaban J connectivity index is 1.87. The van der Waals surface area contributed by atoms with Gasteiger partial charge in [0.15, 0.2) is 0 Å². The van der Waals surface area contributed by atoms with Crippen LogP contribution in [0.25, 0.3) is 4.85 Å². The summed E-state index contributed by atoms with van der Waals surface area (Å²) in [5.41, 5.74) is -0.403. The Morgan fingerprint density at radius 2 is 2.08 bits per heavy atom. The summed E-state index contributed by atoms with van der Waals surface area (Å²) >= 11 is 0. The normalized spacial score (nSPS) is 23.8. The largest absolute Gasteiger partial charge is 0.444 e. The molecule has 140 valence electrons. The van der Waals surface area contributed by atoms with E-state index in [2.05, 4.69) is 9.58 Å². The van der Waals surface area contributed by atoms with Crippen LogP contribution in [0.15, 0.2) is 24.3 Å². The monoisotopic (exact) mass is 364 g/mol. The molecule has 0 aromatic heterocycles. The topological polar surface area (TPSA) is 43.1 Å². The van der Waals surface area contributed by atoms with Crippen molar-refractivity contribution in [2.75, 3.05) is 6.54 Å². The van der Waals surface area contributed by atoms with Gasteiger partial charge in [0, 0.05) is 6.54 Å². The number of carbonyl (C=O) groups is 1. The second-order valence-electron chi connectivity index (χ2n) is 7.83. The van der Waals surface area contributed by atoms with Crippen molar-refractivity contribution in [2.24, 2.45) is 0 Å². The Labute approximate surface area is 151 Å². The molecule has 1 aromatic carbocycles. The van der Waals surface area contributed by atoms with Crippen LogP contribution in [0.2, 0.25) is 0 Å². The number of alkyl halides is 2. The molecule has 3 rings (SSSR count). The van der Waals surface area contributed by atoms with E-state index < -0.39 is 29.9 Å². The molecular weight excluding hydrogens is 342 g/mol. The van der Waals surface area contributed by atoms with Gasteiger partial charge in [-0.2, -0.15) is 8.78 Å². The fraction of sp³-hybridized carbons (Fsp3) is 0.579. The first-order chi connectivity index (χ1) is 12.2. The van der Waals surface area contributed by atoms with E-state index in [0.29, 0.717) is 6.54 Å². The van der Waals surface area contributed by atoms with E-state index in [4.69, 9.17) is 11.3 Å². The zero-order chi connectivity index (χ0) is 19.1. The van der Waals surface area contributed by atoms with Gasteiger partial charge in [0.2, 0.25) is 0 Å². The minimum atomic E-state index is -2.90. The van der Waals surface area contributed by atoms with Gasteiger partial charge in [-0.25, -0.2) is 11.4 Å². The molecule has 1 amide bonds. The van der Waals surface area contributed by atoms with Crippen LogP contribution in [-0.4, -0.2) is 41.3 Å². The fourth-order valence-electron chi connectivity index (χ4n) is 3.70. The van der Waals surface area contributed by atoms with Crippen molar-refractivity contribution < 1.29 is 23.0 Å². The second kappa shape index (κ2) is 6.42. The van der Waals surface area contributed by atoms with Gasteiger partial charge in [-0.15, -0.1) is 0 Å². The lowest BCUT2D eigenvalue weighted by Gasteiger charge is -2.27. The zero-order valence-corrected chi connectivity index (χ0v) is 15.0. The van der Waals surface area contributed by atoms with Crippen LogP contribution >= 0.6 is 0 Å². The summed E-state index contributed by atoms with van der Waals surface area (Å²) in [6.45, 7) is 10.5. The van der Waals surface area contributed by atoms with E-state index in [1.807, 2.05) is 0 Å². The van der Waals surface area contributed by atoms with Crippen LogP contribution in [0.1, 0.15) is 45.1 Å². The number of hydrogen-bond donors (Lipinski definition) is 0. The quantitative estimate of drug-likeness (QED) is 0.745. The molecule has 1 aromatic rings. The Bertz CT molecular complexity index is 735. The van der Waals surface area contributed by atoms with Gasteiger partial charge in [0.1, 0.15) is 16.9 Å². The molecule has 1 saturated heterocycles. The van der Waals surface area contributed by atoms with Gasteiger partial charge in [-0.3, -0.25) is 4.90 Å². The maximum absolute atomic E-state index is 12.6. The second-order valence-corrected chi connectivity index (χ2v) is 7.83. The third-order valence-electron chi connectivity index (χ3n) is 4.88. The van der Waals surface area contributed by atoms with Crippen LogP contribution in [0.3, 0.4) is 0 Å². The third-order valence-corrected chi connectivity index (χ3v) is 4.88. The minimum Gasteiger partial charge on any atom is -0.444 e. The lowest BCUT2D eigenvalue weighted by molar-refractivity contribution is -0.0499. The van der Waals surface area contributed by atoms with Crippen molar-refractivity contribution in [3.63, 3.8) is 0 Å². The van der Waals surface area contributed by atoms with Crippen LogP contribution in [-0.2, 0) is 4.74 Å². The highest BCUT2D eigenvalue weighted by Gasteiger charge is 2.68. The highest BCUT2D eigenvalue weighted by atomic mass is 19.3. The lowest BCUT2D eigenvalue weighted by Crippen LogP contribution is -2.43. The average Bonchev–Trinajstić information content (AvgIpc) is 3.21. The number of ether oxygens (including phenoxy) is 2. The van der Waals surface area contributed by atoms with E-state index in [1.165, 1.54) is 12.1 Å². The molecular formula is C19H22F2N2O3. The third kappa shape index (κ3) is 3.46. The first-order valence-corrected chi connectivity index (χ1v) is 8.58. The van der Waals surface area contributed by atoms with Gasteiger partial charge >= 0.3 is 12.7 Å². The van der Waals surface area contributed by atoms with Crippen molar-refractivity contribution in [1.82, 2.24) is 4.90 Å². The van der Waals surface area contributed by atoms with Crippen molar-refractivity contribution in [3.05, 3.63) is 41.2 Å². The van der Waals surface area contributed by atoms with Gasteiger partial charge in [-0.05, 0) is 51.3 Å². The Morgan fingerprint density at radius 1 is 1.38 bits per heavy atom. The van der Waals surface area contributed by atoms with Crippen LogP contribution in [0.4, 0.5) is 13.6 Å². The number of amides is 1. The maximum atomic E-state index is 12.6. The molecule has 0 unspecified atom stereocenters. The molecule has 5 nitrogen and oxygen atoms in total. The molecule has 7 heteroatoms. The lowest BCUT2D eigenvalue weighted by atomic mass is 9.90. The van der Waals surface area contributed by atoms with Crippen LogP contribution in [0.5, 0.6) is 5.75 Å². The first kappa shape index (κ1) is 18.4. The number of benzene rings is 1. The molecule has 1 aliphatic heterocycles. The van der Waals surface area contributed by atoms with E-state index in [-0.39, 0.29) is 11.7 Å². The number of nitrogens with zero attached hydrogens (tertiary/aromatic N) is 2. The van der Waals surface area contributed by atoms with Gasteiger partial charge < -0.3 is 14.3 Å². The Hall–Kier alpha value is -2.36. The fourth-order valence-corrected chi connectivity index (χ4v) is 3.70.